The van der Waals surface area contributed by atoms with Crippen LogP contribution in [0, 0.1) is 0 Å². The van der Waals surface area contributed by atoms with E-state index in [0.717, 1.165) is 17.5 Å². The minimum Gasteiger partial charge on any atom is -0.493 e. The number of hydrogen-bond acceptors (Lipinski definition) is 5. The van der Waals surface area contributed by atoms with E-state index in [9.17, 15) is 9.59 Å². The summed E-state index contributed by atoms with van der Waals surface area (Å²) in [6, 6.07) is 13.7. The molecular weight excluding hydrogens is 396 g/mol. The van der Waals surface area contributed by atoms with Crippen LogP contribution in [-0.4, -0.2) is 60.7 Å². The maximum absolute atomic E-state index is 12.5. The first-order valence-corrected chi connectivity index (χ1v) is 10.5. The summed E-state index contributed by atoms with van der Waals surface area (Å²) < 4.78 is 16.5. The molecule has 0 aliphatic carbocycles. The van der Waals surface area contributed by atoms with Gasteiger partial charge in [-0.1, -0.05) is 30.3 Å². The second-order valence-electron chi connectivity index (χ2n) is 8.08. The van der Waals surface area contributed by atoms with Crippen LogP contribution < -0.4 is 14.2 Å². The van der Waals surface area contributed by atoms with E-state index in [1.165, 1.54) is 0 Å². The fraction of sp³-hybridized carbons (Fsp3) is 0.417. The van der Waals surface area contributed by atoms with Crippen LogP contribution in [0.25, 0.3) is 0 Å². The second kappa shape index (κ2) is 8.88. The highest BCUT2D eigenvalue weighted by Crippen LogP contribution is 2.42. The van der Waals surface area contributed by atoms with E-state index in [2.05, 4.69) is 12.1 Å². The molecule has 1 saturated heterocycles. The molecular formula is C24H28N2O5. The van der Waals surface area contributed by atoms with Crippen LogP contribution in [0.4, 0.5) is 0 Å². The topological polar surface area (TPSA) is 68.3 Å². The van der Waals surface area contributed by atoms with Crippen molar-refractivity contribution >= 4 is 11.8 Å². The van der Waals surface area contributed by atoms with Crippen molar-refractivity contribution in [2.45, 2.75) is 38.8 Å². The smallest absolute Gasteiger partial charge is 0.231 e. The fourth-order valence-corrected chi connectivity index (χ4v) is 4.53. The maximum Gasteiger partial charge on any atom is 0.231 e. The van der Waals surface area contributed by atoms with Crippen LogP contribution in [-0.2, 0) is 22.4 Å². The van der Waals surface area contributed by atoms with E-state index in [1.54, 1.807) is 21.0 Å². The molecule has 0 saturated carbocycles. The van der Waals surface area contributed by atoms with E-state index in [1.807, 2.05) is 40.1 Å². The molecule has 0 bridgehead atoms. The number of rotatable bonds is 5. The van der Waals surface area contributed by atoms with Crippen molar-refractivity contribution in [2.75, 3.05) is 27.0 Å². The third kappa shape index (κ3) is 4.45. The number of piperazine rings is 1. The highest BCUT2D eigenvalue weighted by Gasteiger charge is 2.36. The first-order valence-electron chi connectivity index (χ1n) is 10.5. The summed E-state index contributed by atoms with van der Waals surface area (Å²) in [5.74, 6) is 1.90. The number of fused-ring (bicyclic) bond motifs is 1. The van der Waals surface area contributed by atoms with E-state index in [-0.39, 0.29) is 30.7 Å². The molecule has 0 N–H and O–H groups in total. The number of nitrogens with zero attached hydrogens (tertiary/aromatic N) is 2. The summed E-state index contributed by atoms with van der Waals surface area (Å²) in [4.78, 5) is 28.8. The van der Waals surface area contributed by atoms with Gasteiger partial charge in [-0.05, 0) is 36.1 Å². The van der Waals surface area contributed by atoms with Gasteiger partial charge in [0.1, 0.15) is 0 Å². The van der Waals surface area contributed by atoms with Crippen molar-refractivity contribution in [3.63, 3.8) is 0 Å². The molecule has 7 heteroatoms. The molecule has 2 heterocycles. The number of ether oxygens (including phenoxy) is 3. The lowest BCUT2D eigenvalue weighted by Crippen LogP contribution is -2.61. The highest BCUT2D eigenvalue weighted by atomic mass is 16.7. The van der Waals surface area contributed by atoms with Gasteiger partial charge in [-0.15, -0.1) is 0 Å². The van der Waals surface area contributed by atoms with Crippen LogP contribution in [0.1, 0.15) is 25.0 Å². The Balaban J connectivity index is 1.58. The van der Waals surface area contributed by atoms with Gasteiger partial charge in [0, 0.05) is 26.9 Å². The number of benzene rings is 2. The van der Waals surface area contributed by atoms with E-state index in [4.69, 9.17) is 14.2 Å². The zero-order valence-corrected chi connectivity index (χ0v) is 18.2. The summed E-state index contributed by atoms with van der Waals surface area (Å²) in [5, 5.41) is 0. The lowest BCUT2D eigenvalue weighted by atomic mass is 9.95. The maximum atomic E-state index is 12.5. The normalized spacial score (nSPS) is 20.0. The average molecular weight is 424 g/mol. The Morgan fingerprint density at radius 2 is 1.55 bits per heavy atom. The SMILES string of the molecule is COc1cc(C[C@H]2CN(C(C)=O)[C@@H](Cc3ccccc3)CN2C(C)=O)cc2c1OCO2. The molecule has 2 amide bonds. The first-order chi connectivity index (χ1) is 15.0. The molecule has 0 unspecified atom stereocenters. The van der Waals surface area contributed by atoms with Crippen molar-refractivity contribution < 1.29 is 23.8 Å². The third-order valence-corrected chi connectivity index (χ3v) is 6.01. The molecule has 4 rings (SSSR count). The van der Waals surface area contributed by atoms with Gasteiger partial charge >= 0.3 is 0 Å². The minimum absolute atomic E-state index is 0.0129. The molecule has 2 aliphatic heterocycles. The zero-order valence-electron chi connectivity index (χ0n) is 18.2. The Bertz CT molecular complexity index is 962. The van der Waals surface area contributed by atoms with Gasteiger partial charge in [-0.3, -0.25) is 9.59 Å². The van der Waals surface area contributed by atoms with Gasteiger partial charge in [0.05, 0.1) is 19.2 Å². The monoisotopic (exact) mass is 424 g/mol. The second-order valence-corrected chi connectivity index (χ2v) is 8.08. The van der Waals surface area contributed by atoms with Crippen LogP contribution in [0.2, 0.25) is 0 Å². The summed E-state index contributed by atoms with van der Waals surface area (Å²) >= 11 is 0. The molecule has 2 aliphatic rings. The number of methoxy groups -OCH3 is 1. The first kappa shape index (κ1) is 21.0. The number of hydrogen-bond donors (Lipinski definition) is 0. The van der Waals surface area contributed by atoms with Gasteiger partial charge in [0.2, 0.25) is 24.4 Å². The lowest BCUT2D eigenvalue weighted by molar-refractivity contribution is -0.144. The minimum atomic E-state index is -0.126. The molecule has 0 aromatic heterocycles. The summed E-state index contributed by atoms with van der Waals surface area (Å²) in [6.07, 6.45) is 1.31. The number of carbonyl (C=O) groups excluding carboxylic acids is 2. The Morgan fingerprint density at radius 1 is 0.935 bits per heavy atom. The molecule has 7 nitrogen and oxygen atoms in total. The van der Waals surface area contributed by atoms with Crippen molar-refractivity contribution in [3.8, 4) is 17.2 Å². The number of amides is 2. The molecule has 31 heavy (non-hydrogen) atoms. The molecule has 0 spiro atoms. The third-order valence-electron chi connectivity index (χ3n) is 6.01. The highest BCUT2D eigenvalue weighted by molar-refractivity contribution is 5.76. The van der Waals surface area contributed by atoms with Gasteiger partial charge < -0.3 is 24.0 Å². The Kier molecular flexibility index (Phi) is 6.02. The summed E-state index contributed by atoms with van der Waals surface area (Å²) in [7, 11) is 1.59. The quantitative estimate of drug-likeness (QED) is 0.738. The van der Waals surface area contributed by atoms with E-state index >= 15 is 0 Å². The van der Waals surface area contributed by atoms with Crippen molar-refractivity contribution in [3.05, 3.63) is 53.6 Å². The standard InChI is InChI=1S/C24H28N2O5/c1-16(27)25-14-21(10-19-11-22(29-3)24-23(12-19)30-15-31-24)26(17(2)28)13-20(25)9-18-7-5-4-6-8-18/h4-8,11-12,20-21H,9-10,13-15H2,1-3H3/t20-,21-/m0/s1. The van der Waals surface area contributed by atoms with Crippen LogP contribution >= 0.6 is 0 Å². The molecule has 2 atom stereocenters. The fourth-order valence-electron chi connectivity index (χ4n) is 4.53. The van der Waals surface area contributed by atoms with Crippen LogP contribution in [0.5, 0.6) is 17.2 Å². The summed E-state index contributed by atoms with van der Waals surface area (Å²) in [6.45, 7) is 4.36. The van der Waals surface area contributed by atoms with Crippen LogP contribution in [0.15, 0.2) is 42.5 Å². The van der Waals surface area contributed by atoms with Gasteiger partial charge in [0.15, 0.2) is 11.5 Å². The predicted molar refractivity (Wildman–Crippen MR) is 115 cm³/mol. The lowest BCUT2D eigenvalue weighted by Gasteiger charge is -2.46. The molecule has 0 radical (unpaired) electrons. The van der Waals surface area contributed by atoms with E-state index in [0.29, 0.717) is 36.8 Å². The van der Waals surface area contributed by atoms with Crippen molar-refractivity contribution in [1.82, 2.24) is 9.80 Å². The Hall–Kier alpha value is -3.22. The molecule has 2 aromatic carbocycles. The average Bonchev–Trinajstić information content (AvgIpc) is 3.23. The van der Waals surface area contributed by atoms with E-state index < -0.39 is 0 Å². The van der Waals surface area contributed by atoms with Gasteiger partial charge in [0.25, 0.3) is 0 Å². The molecule has 1 fully saturated rings. The van der Waals surface area contributed by atoms with Crippen LogP contribution in [0.3, 0.4) is 0 Å². The molecule has 164 valence electrons. The van der Waals surface area contributed by atoms with Gasteiger partial charge in [-0.2, -0.15) is 0 Å². The largest absolute Gasteiger partial charge is 0.493 e. The predicted octanol–water partition coefficient (Wildman–Crippen LogP) is 2.66. The zero-order chi connectivity index (χ0) is 22.0. The van der Waals surface area contributed by atoms with Gasteiger partial charge in [-0.25, -0.2) is 0 Å². The Morgan fingerprint density at radius 3 is 2.13 bits per heavy atom. The summed E-state index contributed by atoms with van der Waals surface area (Å²) in [5.41, 5.74) is 2.13. The van der Waals surface area contributed by atoms with Crippen molar-refractivity contribution in [1.29, 1.82) is 0 Å². The molecule has 2 aromatic rings. The van der Waals surface area contributed by atoms with Crippen molar-refractivity contribution in [2.24, 2.45) is 0 Å². The number of carbonyl (C=O) groups is 2. The Labute approximate surface area is 182 Å².